The summed E-state index contributed by atoms with van der Waals surface area (Å²) in [4.78, 5) is 24.4. The fraction of sp³-hybridized carbons (Fsp3) is 0.444. The molecule has 0 bridgehead atoms. The molecule has 1 amide bonds. The van der Waals surface area contributed by atoms with Gasteiger partial charge in [-0.15, -0.1) is 11.3 Å². The Bertz CT molecular complexity index is 784. The van der Waals surface area contributed by atoms with Crippen LogP contribution < -0.4 is 5.32 Å². The zero-order chi connectivity index (χ0) is 17.8. The first-order chi connectivity index (χ1) is 12.0. The maximum atomic E-state index is 13.3. The second-order valence-corrected chi connectivity index (χ2v) is 7.65. The van der Waals surface area contributed by atoms with Gasteiger partial charge in [0.15, 0.2) is 6.61 Å². The smallest absolute Gasteiger partial charge is 0.350 e. The van der Waals surface area contributed by atoms with Gasteiger partial charge in [0.2, 0.25) is 0 Å². The normalized spacial score (nSPS) is 15.8. The quantitative estimate of drug-likeness (QED) is 0.615. The molecule has 1 aliphatic rings. The van der Waals surface area contributed by atoms with Crippen LogP contribution in [0.3, 0.4) is 0 Å². The average Bonchev–Trinajstić information content (AvgIpc) is 2.75. The summed E-state index contributed by atoms with van der Waals surface area (Å²) >= 11 is 7.24. The third-order valence-electron chi connectivity index (χ3n) is 4.33. The highest BCUT2D eigenvalue weighted by Crippen LogP contribution is 2.36. The van der Waals surface area contributed by atoms with Crippen molar-refractivity contribution in [2.45, 2.75) is 44.6 Å². The molecule has 0 unspecified atom stereocenters. The molecule has 1 N–H and O–H groups in total. The highest BCUT2D eigenvalue weighted by molar-refractivity contribution is 7.21. The van der Waals surface area contributed by atoms with Crippen molar-refractivity contribution in [3.63, 3.8) is 0 Å². The number of benzene rings is 1. The van der Waals surface area contributed by atoms with Gasteiger partial charge < -0.3 is 10.1 Å². The molecule has 1 aromatic carbocycles. The van der Waals surface area contributed by atoms with E-state index in [-0.39, 0.29) is 28.5 Å². The first-order valence-corrected chi connectivity index (χ1v) is 9.58. The summed E-state index contributed by atoms with van der Waals surface area (Å²) in [6.07, 6.45) is 6.55. The van der Waals surface area contributed by atoms with Crippen LogP contribution in [0.25, 0.3) is 10.1 Å². The first kappa shape index (κ1) is 18.1. The number of rotatable bonds is 4. The molecule has 0 aliphatic heterocycles. The number of nitrogens with one attached hydrogen (secondary N) is 1. The Balaban J connectivity index is 1.58. The van der Waals surface area contributed by atoms with Crippen molar-refractivity contribution in [1.29, 1.82) is 0 Å². The van der Waals surface area contributed by atoms with Gasteiger partial charge in [-0.05, 0) is 31.0 Å². The van der Waals surface area contributed by atoms with E-state index in [2.05, 4.69) is 5.32 Å². The third kappa shape index (κ3) is 4.50. The molecule has 7 heteroatoms. The van der Waals surface area contributed by atoms with Crippen molar-refractivity contribution in [3.8, 4) is 0 Å². The van der Waals surface area contributed by atoms with E-state index in [0.717, 1.165) is 37.0 Å². The van der Waals surface area contributed by atoms with Gasteiger partial charge in [-0.1, -0.05) is 37.3 Å². The van der Waals surface area contributed by atoms with Crippen molar-refractivity contribution in [2.75, 3.05) is 6.61 Å². The van der Waals surface area contributed by atoms with Crippen molar-refractivity contribution in [1.82, 2.24) is 5.32 Å². The van der Waals surface area contributed by atoms with E-state index < -0.39 is 11.8 Å². The maximum Gasteiger partial charge on any atom is 0.350 e. The second kappa shape index (κ2) is 8.15. The Morgan fingerprint density at radius 3 is 2.68 bits per heavy atom. The van der Waals surface area contributed by atoms with Gasteiger partial charge in [0.25, 0.3) is 5.91 Å². The number of thiophene rings is 1. The van der Waals surface area contributed by atoms with Crippen LogP contribution >= 0.6 is 22.9 Å². The van der Waals surface area contributed by atoms with Gasteiger partial charge in [0, 0.05) is 16.1 Å². The Hall–Kier alpha value is -1.66. The van der Waals surface area contributed by atoms with E-state index in [1.54, 1.807) is 0 Å². The second-order valence-electron chi connectivity index (χ2n) is 6.22. The van der Waals surface area contributed by atoms with Crippen molar-refractivity contribution in [3.05, 3.63) is 33.9 Å². The summed E-state index contributed by atoms with van der Waals surface area (Å²) in [5, 5.41) is 3.75. The minimum absolute atomic E-state index is 0.157. The SMILES string of the molecule is O=C(COC(=O)c1sc2cc(F)ccc2c1Cl)NC1CCCCCC1. The summed E-state index contributed by atoms with van der Waals surface area (Å²) in [6.45, 7) is -0.339. The molecule has 2 aromatic rings. The van der Waals surface area contributed by atoms with Crippen LogP contribution in [0, 0.1) is 5.82 Å². The maximum absolute atomic E-state index is 13.3. The Morgan fingerprint density at radius 1 is 1.24 bits per heavy atom. The predicted molar refractivity (Wildman–Crippen MR) is 96.7 cm³/mol. The highest BCUT2D eigenvalue weighted by atomic mass is 35.5. The predicted octanol–water partition coefficient (Wildman–Crippen LogP) is 4.69. The van der Waals surface area contributed by atoms with Crippen LogP contribution in [0.4, 0.5) is 4.39 Å². The van der Waals surface area contributed by atoms with Crippen LogP contribution in [0.1, 0.15) is 48.2 Å². The van der Waals surface area contributed by atoms with Gasteiger partial charge in [-0.25, -0.2) is 9.18 Å². The summed E-state index contributed by atoms with van der Waals surface area (Å²) in [5.41, 5.74) is 0. The Labute approximate surface area is 154 Å². The number of ether oxygens (including phenoxy) is 1. The van der Waals surface area contributed by atoms with Crippen LogP contribution in [-0.2, 0) is 9.53 Å². The van der Waals surface area contributed by atoms with Crippen molar-refractivity contribution < 1.29 is 18.7 Å². The highest BCUT2D eigenvalue weighted by Gasteiger charge is 2.21. The molecular formula is C18H19ClFNO3S. The molecule has 1 fully saturated rings. The monoisotopic (exact) mass is 383 g/mol. The molecule has 0 atom stereocenters. The number of carbonyl (C=O) groups is 2. The van der Waals surface area contributed by atoms with Crippen LogP contribution in [0.5, 0.6) is 0 Å². The number of esters is 1. The standard InChI is InChI=1S/C18H19ClFNO3S/c19-16-13-8-7-11(20)9-14(13)25-17(16)18(23)24-10-15(22)21-12-5-3-1-2-4-6-12/h7-9,12H,1-6,10H2,(H,21,22). The molecule has 0 radical (unpaired) electrons. The number of carbonyl (C=O) groups excluding carboxylic acids is 2. The first-order valence-electron chi connectivity index (χ1n) is 8.38. The number of fused-ring (bicyclic) bond motifs is 1. The van der Waals surface area contributed by atoms with Gasteiger partial charge in [0.05, 0.1) is 5.02 Å². The lowest BCUT2D eigenvalue weighted by Crippen LogP contribution is -2.37. The zero-order valence-corrected chi connectivity index (χ0v) is 15.2. The van der Waals surface area contributed by atoms with E-state index in [9.17, 15) is 14.0 Å². The number of hydrogen-bond acceptors (Lipinski definition) is 4. The Kier molecular flexibility index (Phi) is 5.91. The molecule has 134 valence electrons. The fourth-order valence-corrected chi connectivity index (χ4v) is 4.49. The molecule has 1 saturated carbocycles. The molecule has 1 aromatic heterocycles. The minimum Gasteiger partial charge on any atom is -0.451 e. The van der Waals surface area contributed by atoms with Gasteiger partial charge in [0.1, 0.15) is 10.7 Å². The van der Waals surface area contributed by atoms with Gasteiger partial charge in [-0.3, -0.25) is 4.79 Å². The zero-order valence-electron chi connectivity index (χ0n) is 13.6. The summed E-state index contributed by atoms with van der Waals surface area (Å²) < 4.78 is 18.9. The van der Waals surface area contributed by atoms with Crippen LogP contribution in [-0.4, -0.2) is 24.5 Å². The number of amides is 1. The molecule has 0 spiro atoms. The lowest BCUT2D eigenvalue weighted by molar-refractivity contribution is -0.125. The van der Waals surface area contributed by atoms with E-state index in [0.29, 0.717) is 10.1 Å². The molecule has 3 rings (SSSR count). The van der Waals surface area contributed by atoms with Gasteiger partial charge >= 0.3 is 5.97 Å². The van der Waals surface area contributed by atoms with E-state index in [4.69, 9.17) is 16.3 Å². The molecule has 1 heterocycles. The lowest BCUT2D eigenvalue weighted by Gasteiger charge is -2.15. The largest absolute Gasteiger partial charge is 0.451 e. The minimum atomic E-state index is -0.664. The van der Waals surface area contributed by atoms with Crippen molar-refractivity contribution >= 4 is 44.9 Å². The molecule has 4 nitrogen and oxygen atoms in total. The summed E-state index contributed by atoms with van der Waals surface area (Å²) in [7, 11) is 0. The van der Waals surface area contributed by atoms with Crippen LogP contribution in [0.2, 0.25) is 5.02 Å². The average molecular weight is 384 g/mol. The fourth-order valence-electron chi connectivity index (χ4n) is 3.06. The topological polar surface area (TPSA) is 55.4 Å². The van der Waals surface area contributed by atoms with Crippen LogP contribution in [0.15, 0.2) is 18.2 Å². The molecule has 25 heavy (non-hydrogen) atoms. The van der Waals surface area contributed by atoms with E-state index >= 15 is 0 Å². The molecule has 0 saturated heterocycles. The number of halogens is 2. The lowest BCUT2D eigenvalue weighted by atomic mass is 10.1. The molecular weight excluding hydrogens is 365 g/mol. The molecule has 1 aliphatic carbocycles. The Morgan fingerprint density at radius 2 is 1.96 bits per heavy atom. The van der Waals surface area contributed by atoms with E-state index in [1.165, 1.54) is 31.0 Å². The van der Waals surface area contributed by atoms with Gasteiger partial charge in [-0.2, -0.15) is 0 Å². The third-order valence-corrected chi connectivity index (χ3v) is 5.97. The number of hydrogen-bond donors (Lipinski definition) is 1. The summed E-state index contributed by atoms with van der Waals surface area (Å²) in [6, 6.07) is 4.29. The van der Waals surface area contributed by atoms with E-state index in [1.807, 2.05) is 0 Å². The van der Waals surface area contributed by atoms with Crippen molar-refractivity contribution in [2.24, 2.45) is 0 Å². The summed E-state index contributed by atoms with van der Waals surface area (Å²) in [5.74, 6) is -1.36.